The van der Waals surface area contributed by atoms with Crippen LogP contribution in [0.25, 0.3) is 0 Å². The molecule has 0 radical (unpaired) electrons. The molecular formula is C13H16N2O2S2. The second kappa shape index (κ2) is 5.26. The van der Waals surface area contributed by atoms with Gasteiger partial charge in [0.2, 0.25) is 0 Å². The fourth-order valence-electron chi connectivity index (χ4n) is 2.32. The Hall–Kier alpha value is -0.850. The molecule has 1 aromatic rings. The highest BCUT2D eigenvalue weighted by atomic mass is 32.2. The number of likely N-dealkylation sites (N-methyl/N-ethyl adjacent to an activating group) is 1. The van der Waals surface area contributed by atoms with E-state index in [1.54, 1.807) is 17.8 Å². The van der Waals surface area contributed by atoms with Crippen LogP contribution in [0, 0.1) is 0 Å². The van der Waals surface area contributed by atoms with Crippen molar-refractivity contribution < 1.29 is 9.59 Å². The Morgan fingerprint density at radius 2 is 2.00 bits per heavy atom. The standard InChI is InChI=1S/C13H16N2O2S2/c1-14-3-5-15(6-4-14)12(17)11-8-9-10(16)2-7-18-13(9)19-11/h8H,2-7H2,1H3. The van der Waals surface area contributed by atoms with Crippen LogP contribution in [0.3, 0.4) is 0 Å². The van der Waals surface area contributed by atoms with Crippen LogP contribution in [0.1, 0.15) is 26.5 Å². The second-order valence-electron chi connectivity index (χ2n) is 4.93. The van der Waals surface area contributed by atoms with E-state index in [1.807, 2.05) is 4.90 Å². The van der Waals surface area contributed by atoms with Crippen LogP contribution in [0.2, 0.25) is 0 Å². The first-order chi connectivity index (χ1) is 9.15. The van der Waals surface area contributed by atoms with Crippen LogP contribution in [0.5, 0.6) is 0 Å². The summed E-state index contributed by atoms with van der Waals surface area (Å²) in [4.78, 5) is 29.1. The minimum Gasteiger partial charge on any atom is -0.335 e. The Kier molecular flexibility index (Phi) is 3.64. The molecule has 0 N–H and O–H groups in total. The first-order valence-electron chi connectivity index (χ1n) is 6.43. The summed E-state index contributed by atoms with van der Waals surface area (Å²) in [6.45, 7) is 3.40. The number of nitrogens with zero attached hydrogens (tertiary/aromatic N) is 2. The number of hydrogen-bond acceptors (Lipinski definition) is 5. The fourth-order valence-corrected chi connectivity index (χ4v) is 4.75. The molecule has 6 heteroatoms. The monoisotopic (exact) mass is 296 g/mol. The summed E-state index contributed by atoms with van der Waals surface area (Å²) in [7, 11) is 2.07. The molecule has 1 saturated heterocycles. The van der Waals surface area contributed by atoms with E-state index < -0.39 is 0 Å². The van der Waals surface area contributed by atoms with Gasteiger partial charge in [0.1, 0.15) is 0 Å². The molecule has 3 heterocycles. The van der Waals surface area contributed by atoms with Crippen LogP contribution in [-0.2, 0) is 0 Å². The number of ketones is 1. The van der Waals surface area contributed by atoms with Gasteiger partial charge < -0.3 is 9.80 Å². The van der Waals surface area contributed by atoms with Crippen LogP contribution in [-0.4, -0.2) is 60.5 Å². The molecule has 0 spiro atoms. The van der Waals surface area contributed by atoms with E-state index in [4.69, 9.17) is 0 Å². The zero-order valence-corrected chi connectivity index (χ0v) is 12.5. The Morgan fingerprint density at radius 1 is 1.26 bits per heavy atom. The first-order valence-corrected chi connectivity index (χ1v) is 8.23. The Morgan fingerprint density at radius 3 is 2.68 bits per heavy atom. The van der Waals surface area contributed by atoms with Crippen molar-refractivity contribution in [3.8, 4) is 0 Å². The number of thioether (sulfide) groups is 1. The molecule has 0 bridgehead atoms. The van der Waals surface area contributed by atoms with E-state index >= 15 is 0 Å². The number of amides is 1. The highest BCUT2D eigenvalue weighted by Crippen LogP contribution is 2.37. The van der Waals surface area contributed by atoms with E-state index in [0.29, 0.717) is 6.42 Å². The quantitative estimate of drug-likeness (QED) is 0.792. The molecule has 102 valence electrons. The minimum atomic E-state index is 0.0842. The maximum atomic E-state index is 12.4. The summed E-state index contributed by atoms with van der Waals surface area (Å²) in [6.07, 6.45) is 0.594. The lowest BCUT2D eigenvalue weighted by Crippen LogP contribution is -2.46. The zero-order chi connectivity index (χ0) is 13.4. The molecule has 3 rings (SSSR count). The van der Waals surface area contributed by atoms with Gasteiger partial charge in [-0.15, -0.1) is 23.1 Å². The first kappa shape index (κ1) is 13.1. The van der Waals surface area contributed by atoms with E-state index in [9.17, 15) is 9.59 Å². The predicted molar refractivity (Wildman–Crippen MR) is 77.4 cm³/mol. The molecule has 19 heavy (non-hydrogen) atoms. The maximum Gasteiger partial charge on any atom is 0.264 e. The summed E-state index contributed by atoms with van der Waals surface area (Å²) < 4.78 is 1.02. The normalized spacial score (nSPS) is 20.5. The Labute approximate surface area is 120 Å². The molecular weight excluding hydrogens is 280 g/mol. The molecule has 1 amide bonds. The van der Waals surface area contributed by atoms with Gasteiger partial charge in [-0.05, 0) is 13.1 Å². The number of fused-ring (bicyclic) bond motifs is 1. The predicted octanol–water partition coefficient (Wildman–Crippen LogP) is 1.81. The smallest absolute Gasteiger partial charge is 0.264 e. The van der Waals surface area contributed by atoms with Crippen LogP contribution < -0.4 is 0 Å². The number of rotatable bonds is 1. The topological polar surface area (TPSA) is 40.6 Å². The van der Waals surface area contributed by atoms with Crippen molar-refractivity contribution in [2.45, 2.75) is 10.6 Å². The average Bonchev–Trinajstić information content (AvgIpc) is 2.84. The number of carbonyl (C=O) groups excluding carboxylic acids is 2. The van der Waals surface area contributed by atoms with Crippen LogP contribution in [0.4, 0.5) is 0 Å². The highest BCUT2D eigenvalue weighted by molar-refractivity contribution is 8.01. The second-order valence-corrected chi connectivity index (χ2v) is 7.34. The molecule has 0 unspecified atom stereocenters. The third kappa shape index (κ3) is 2.57. The summed E-state index contributed by atoms with van der Waals surface area (Å²) >= 11 is 3.18. The zero-order valence-electron chi connectivity index (χ0n) is 10.8. The number of Topliss-reactive ketones (excluding diaryl/α,β-unsaturated/α-hetero) is 1. The van der Waals surface area contributed by atoms with Crippen molar-refractivity contribution >= 4 is 34.8 Å². The molecule has 4 nitrogen and oxygen atoms in total. The molecule has 1 aromatic heterocycles. The number of carbonyl (C=O) groups is 2. The fraction of sp³-hybridized carbons (Fsp3) is 0.538. The molecule has 0 aromatic carbocycles. The van der Waals surface area contributed by atoms with Crippen LogP contribution in [0.15, 0.2) is 10.3 Å². The van der Waals surface area contributed by atoms with Crippen molar-refractivity contribution in [1.82, 2.24) is 9.80 Å². The summed E-state index contributed by atoms with van der Waals surface area (Å²) in [6, 6.07) is 1.80. The molecule has 0 atom stereocenters. The molecule has 2 aliphatic heterocycles. The van der Waals surface area contributed by atoms with E-state index in [0.717, 1.165) is 46.6 Å². The number of hydrogen-bond donors (Lipinski definition) is 0. The summed E-state index contributed by atoms with van der Waals surface area (Å²) in [5, 5.41) is 0. The SMILES string of the molecule is CN1CCN(C(=O)c2cc3c(s2)SCCC3=O)CC1. The van der Waals surface area contributed by atoms with E-state index in [-0.39, 0.29) is 11.7 Å². The van der Waals surface area contributed by atoms with Gasteiger partial charge in [0.25, 0.3) is 5.91 Å². The summed E-state index contributed by atoms with van der Waals surface area (Å²) in [5.41, 5.74) is 0.763. The summed E-state index contributed by atoms with van der Waals surface area (Å²) in [5.74, 6) is 1.11. The lowest BCUT2D eigenvalue weighted by molar-refractivity contribution is 0.0669. The molecule has 0 saturated carbocycles. The van der Waals surface area contributed by atoms with Crippen molar-refractivity contribution in [2.75, 3.05) is 39.0 Å². The largest absolute Gasteiger partial charge is 0.335 e. The number of piperazine rings is 1. The van der Waals surface area contributed by atoms with Crippen molar-refractivity contribution in [1.29, 1.82) is 0 Å². The lowest BCUT2D eigenvalue weighted by atomic mass is 10.1. The van der Waals surface area contributed by atoms with Gasteiger partial charge in [-0.2, -0.15) is 0 Å². The van der Waals surface area contributed by atoms with Gasteiger partial charge in [-0.25, -0.2) is 0 Å². The molecule has 1 fully saturated rings. The van der Waals surface area contributed by atoms with Crippen LogP contribution >= 0.6 is 23.1 Å². The Bertz CT molecular complexity index is 519. The van der Waals surface area contributed by atoms with Gasteiger partial charge in [-0.1, -0.05) is 0 Å². The van der Waals surface area contributed by atoms with Crippen molar-refractivity contribution in [3.63, 3.8) is 0 Å². The van der Waals surface area contributed by atoms with Gasteiger partial charge in [0, 0.05) is 43.9 Å². The van der Waals surface area contributed by atoms with Crippen molar-refractivity contribution in [2.24, 2.45) is 0 Å². The highest BCUT2D eigenvalue weighted by Gasteiger charge is 2.26. The van der Waals surface area contributed by atoms with Gasteiger partial charge >= 0.3 is 0 Å². The minimum absolute atomic E-state index is 0.0842. The van der Waals surface area contributed by atoms with Crippen molar-refractivity contribution in [3.05, 3.63) is 16.5 Å². The maximum absolute atomic E-state index is 12.4. The molecule has 2 aliphatic rings. The van der Waals surface area contributed by atoms with Gasteiger partial charge in [0.15, 0.2) is 5.78 Å². The van der Waals surface area contributed by atoms with Gasteiger partial charge in [0.05, 0.1) is 9.09 Å². The average molecular weight is 296 g/mol. The van der Waals surface area contributed by atoms with Gasteiger partial charge in [-0.3, -0.25) is 9.59 Å². The molecule has 0 aliphatic carbocycles. The van der Waals surface area contributed by atoms with E-state index in [1.165, 1.54) is 11.3 Å². The third-order valence-electron chi connectivity index (χ3n) is 3.56. The third-order valence-corrected chi connectivity index (χ3v) is 5.97. The lowest BCUT2D eigenvalue weighted by Gasteiger charge is -2.32. The number of thiophene rings is 1. The van der Waals surface area contributed by atoms with E-state index in [2.05, 4.69) is 11.9 Å². The Balaban J connectivity index is 1.79.